The largest absolute Gasteiger partial charge is 0.494 e. The molecule has 1 unspecified atom stereocenters. The van der Waals surface area contributed by atoms with Crippen LogP contribution in [0.3, 0.4) is 0 Å². The van der Waals surface area contributed by atoms with Gasteiger partial charge in [-0.05, 0) is 56.4 Å². The summed E-state index contributed by atoms with van der Waals surface area (Å²) in [5, 5.41) is 3.83. The molecule has 2 aliphatic carbocycles. The lowest BCUT2D eigenvalue weighted by molar-refractivity contribution is -0.141. The molecule has 0 spiro atoms. The molecule has 2 aromatic rings. The Hall–Kier alpha value is -3.71. The number of carbonyl (C=O) groups excluding carboxylic acids is 3. The molecule has 1 aromatic heterocycles. The number of ether oxygens (including phenoxy) is 2. The molecule has 2 aliphatic heterocycles. The number of allylic oxidation sites excluding steroid dienone is 1. The van der Waals surface area contributed by atoms with Crippen LogP contribution in [0.15, 0.2) is 42.6 Å². The van der Waals surface area contributed by atoms with E-state index in [4.69, 9.17) is 15.2 Å². The van der Waals surface area contributed by atoms with Crippen LogP contribution < -0.4 is 25.2 Å². The van der Waals surface area contributed by atoms with Crippen molar-refractivity contribution in [2.45, 2.75) is 94.2 Å². The van der Waals surface area contributed by atoms with E-state index in [9.17, 15) is 22.8 Å². The van der Waals surface area contributed by atoms with Crippen LogP contribution in [0.1, 0.15) is 65.2 Å². The van der Waals surface area contributed by atoms with Gasteiger partial charge < -0.3 is 25.4 Å². The van der Waals surface area contributed by atoms with Gasteiger partial charge in [0.1, 0.15) is 23.4 Å². The number of pyridine rings is 1. The van der Waals surface area contributed by atoms with Gasteiger partial charge >= 0.3 is 0 Å². The van der Waals surface area contributed by atoms with Crippen LogP contribution in [0.25, 0.3) is 10.8 Å². The maximum atomic E-state index is 14.1. The third kappa shape index (κ3) is 6.56. The van der Waals surface area contributed by atoms with Crippen LogP contribution >= 0.6 is 0 Å². The van der Waals surface area contributed by atoms with E-state index >= 15 is 0 Å². The molecule has 1 saturated heterocycles. The summed E-state index contributed by atoms with van der Waals surface area (Å²) in [6.07, 6.45) is 9.42. The van der Waals surface area contributed by atoms with Gasteiger partial charge in [-0.2, -0.15) is 0 Å². The summed E-state index contributed by atoms with van der Waals surface area (Å²) in [5.74, 6) is -0.945. The molecule has 7 atom stereocenters. The van der Waals surface area contributed by atoms with E-state index in [0.29, 0.717) is 24.5 Å². The highest BCUT2D eigenvalue weighted by Crippen LogP contribution is 2.46. The molecule has 12 nitrogen and oxygen atoms in total. The SMILES string of the molecule is COc1cnc(O[C@@H]2C[C@H]3C(=O)N[C@]4(C(=O)NS(=O)(=O)C5CCC5)C[C@H]4C=CCCC(C)C[C@@H](C)[C@H](N)C(=O)N3C2)c2ccccc12. The number of benzene rings is 1. The van der Waals surface area contributed by atoms with Crippen LogP contribution in [0.2, 0.25) is 0 Å². The lowest BCUT2D eigenvalue weighted by atomic mass is 9.88. The second-order valence-electron chi connectivity index (χ2n) is 13.8. The van der Waals surface area contributed by atoms with Crippen molar-refractivity contribution in [2.75, 3.05) is 13.7 Å². The van der Waals surface area contributed by atoms with Gasteiger partial charge in [0.05, 0.1) is 31.1 Å². The van der Waals surface area contributed by atoms with Crippen molar-refractivity contribution in [3.63, 3.8) is 0 Å². The predicted octanol–water partition coefficient (Wildman–Crippen LogP) is 2.80. The summed E-state index contributed by atoms with van der Waals surface area (Å²) in [6, 6.07) is 5.68. The Morgan fingerprint density at radius 1 is 1.13 bits per heavy atom. The summed E-state index contributed by atoms with van der Waals surface area (Å²) in [7, 11) is -2.31. The smallest absolute Gasteiger partial charge is 0.259 e. The molecule has 0 radical (unpaired) electrons. The fourth-order valence-corrected chi connectivity index (χ4v) is 8.74. The van der Waals surface area contributed by atoms with Gasteiger partial charge in [0.2, 0.25) is 27.7 Å². The minimum atomic E-state index is -3.87. The number of amides is 3. The zero-order valence-corrected chi connectivity index (χ0v) is 28.0. The predicted molar refractivity (Wildman–Crippen MR) is 176 cm³/mol. The number of nitrogens with one attached hydrogen (secondary N) is 2. The Balaban J connectivity index is 1.30. The van der Waals surface area contributed by atoms with Crippen molar-refractivity contribution in [1.82, 2.24) is 19.9 Å². The number of nitrogens with two attached hydrogens (primary N) is 1. The summed E-state index contributed by atoms with van der Waals surface area (Å²) < 4.78 is 40.0. The number of nitrogens with zero attached hydrogens (tertiary/aromatic N) is 2. The number of sulfonamides is 1. The topological polar surface area (TPSA) is 170 Å². The summed E-state index contributed by atoms with van der Waals surface area (Å²) in [4.78, 5) is 47.7. The molecule has 1 aromatic carbocycles. The standard InChI is InChI=1S/C34H45N5O7S/c1-20-9-4-5-10-22-17-34(22,33(42)38-47(43,44)24-11-8-12-24)37-30(40)27-16-23(19-39(27)32(41)29(35)21(2)15-20)46-31-26-14-7-6-13-25(26)28(45-3)18-36-31/h5-7,10,13-14,18,20-24,27,29H,4,8-9,11-12,15-17,19,35H2,1-3H3,(H,37,40)(H,38,42)/t20?,21-,22-,23-,27+,29+,34-/m1/s1. The van der Waals surface area contributed by atoms with Gasteiger partial charge in [0.25, 0.3) is 5.91 Å². The number of aromatic nitrogens is 1. The number of fused-ring (bicyclic) bond motifs is 3. The first kappa shape index (κ1) is 33.2. The normalized spacial score (nSPS) is 31.9. The first-order valence-corrected chi connectivity index (χ1v) is 18.2. The highest BCUT2D eigenvalue weighted by Gasteiger charge is 2.62. The lowest BCUT2D eigenvalue weighted by Gasteiger charge is -2.31. The number of methoxy groups -OCH3 is 1. The maximum absolute atomic E-state index is 14.1. The van der Waals surface area contributed by atoms with E-state index in [2.05, 4.69) is 21.9 Å². The Morgan fingerprint density at radius 3 is 2.57 bits per heavy atom. The Bertz CT molecular complexity index is 1680. The fourth-order valence-electron chi connectivity index (χ4n) is 7.18. The Morgan fingerprint density at radius 2 is 1.87 bits per heavy atom. The highest BCUT2D eigenvalue weighted by atomic mass is 32.2. The van der Waals surface area contributed by atoms with Gasteiger partial charge in [0.15, 0.2) is 0 Å². The van der Waals surface area contributed by atoms with Crippen molar-refractivity contribution in [3.05, 3.63) is 42.6 Å². The number of hydrogen-bond donors (Lipinski definition) is 3. The van der Waals surface area contributed by atoms with Crippen LogP contribution in [-0.2, 0) is 24.4 Å². The molecule has 13 heteroatoms. The van der Waals surface area contributed by atoms with Crippen LogP contribution in [0.5, 0.6) is 11.6 Å². The third-order valence-corrected chi connectivity index (χ3v) is 12.2. The average molecular weight is 668 g/mol. The summed E-state index contributed by atoms with van der Waals surface area (Å²) in [5.41, 5.74) is 5.12. The highest BCUT2D eigenvalue weighted by molar-refractivity contribution is 7.90. The van der Waals surface area contributed by atoms with Gasteiger partial charge in [-0.3, -0.25) is 19.1 Å². The molecule has 4 N–H and O–H groups in total. The van der Waals surface area contributed by atoms with E-state index in [1.807, 2.05) is 43.3 Å². The zero-order chi connectivity index (χ0) is 33.5. The third-order valence-electron chi connectivity index (χ3n) is 10.4. The monoisotopic (exact) mass is 667 g/mol. The minimum absolute atomic E-state index is 0.0908. The summed E-state index contributed by atoms with van der Waals surface area (Å²) >= 11 is 0. The van der Waals surface area contributed by atoms with Gasteiger partial charge in [-0.15, -0.1) is 0 Å². The van der Waals surface area contributed by atoms with Gasteiger partial charge in [0, 0.05) is 23.1 Å². The molecule has 6 rings (SSSR count). The lowest BCUT2D eigenvalue weighted by Crippen LogP contribution is -2.58. The number of carbonyl (C=O) groups is 3. The van der Waals surface area contributed by atoms with Gasteiger partial charge in [-0.1, -0.05) is 50.6 Å². The molecule has 3 fully saturated rings. The van der Waals surface area contributed by atoms with Crippen molar-refractivity contribution in [1.29, 1.82) is 0 Å². The molecule has 0 bridgehead atoms. The molecular formula is C34H45N5O7S. The van der Waals surface area contributed by atoms with E-state index in [-0.39, 0.29) is 43.0 Å². The molecular weight excluding hydrogens is 622 g/mol. The quantitative estimate of drug-likeness (QED) is 0.392. The van der Waals surface area contributed by atoms with Crippen molar-refractivity contribution >= 4 is 38.5 Å². The number of hydrogen-bond acceptors (Lipinski definition) is 9. The second kappa shape index (κ2) is 13.1. The first-order valence-electron chi connectivity index (χ1n) is 16.6. The Labute approximate surface area is 275 Å². The molecule has 4 aliphatic rings. The Kier molecular flexibility index (Phi) is 9.23. The molecule has 47 heavy (non-hydrogen) atoms. The number of rotatable bonds is 6. The van der Waals surface area contributed by atoms with Crippen LogP contribution in [-0.4, -0.2) is 78.7 Å². The van der Waals surface area contributed by atoms with Crippen LogP contribution in [0.4, 0.5) is 0 Å². The maximum Gasteiger partial charge on any atom is 0.259 e. The van der Waals surface area contributed by atoms with E-state index < -0.39 is 50.8 Å². The van der Waals surface area contributed by atoms with Crippen molar-refractivity contribution in [2.24, 2.45) is 23.5 Å². The molecule has 2 saturated carbocycles. The van der Waals surface area contributed by atoms with Crippen LogP contribution in [0, 0.1) is 17.8 Å². The van der Waals surface area contributed by atoms with Crippen molar-refractivity contribution in [3.8, 4) is 11.6 Å². The average Bonchev–Trinajstić information content (AvgIpc) is 3.54. The van der Waals surface area contributed by atoms with E-state index in [1.54, 1.807) is 13.3 Å². The summed E-state index contributed by atoms with van der Waals surface area (Å²) in [6.45, 7) is 4.17. The molecule has 3 amide bonds. The minimum Gasteiger partial charge on any atom is -0.494 e. The molecule has 254 valence electrons. The van der Waals surface area contributed by atoms with Gasteiger partial charge in [-0.25, -0.2) is 13.4 Å². The zero-order valence-electron chi connectivity index (χ0n) is 27.2. The van der Waals surface area contributed by atoms with E-state index in [0.717, 1.165) is 36.5 Å². The van der Waals surface area contributed by atoms with E-state index in [1.165, 1.54) is 4.90 Å². The van der Waals surface area contributed by atoms with Crippen molar-refractivity contribution < 1.29 is 32.3 Å². The second-order valence-corrected chi connectivity index (χ2v) is 15.8. The first-order chi connectivity index (χ1) is 22.4. The molecule has 3 heterocycles. The fraction of sp³-hybridized carbons (Fsp3) is 0.588.